The van der Waals surface area contributed by atoms with Gasteiger partial charge in [-0.05, 0) is 18.2 Å². The van der Waals surface area contributed by atoms with E-state index in [0.29, 0.717) is 11.5 Å². The first-order valence-corrected chi connectivity index (χ1v) is 5.82. The Morgan fingerprint density at radius 1 is 1.29 bits per heavy atom. The van der Waals surface area contributed by atoms with E-state index < -0.39 is 12.1 Å². The molecule has 9 heteroatoms. The van der Waals surface area contributed by atoms with Gasteiger partial charge in [-0.25, -0.2) is 0 Å². The molecule has 0 atom stereocenters. The van der Waals surface area contributed by atoms with Crippen LogP contribution in [-0.2, 0) is 4.79 Å². The van der Waals surface area contributed by atoms with Crippen LogP contribution in [0.4, 0.5) is 13.2 Å². The van der Waals surface area contributed by atoms with Crippen molar-refractivity contribution in [3.05, 3.63) is 30.5 Å². The Morgan fingerprint density at radius 2 is 2.10 bits per heavy atom. The Hall–Kier alpha value is -2.58. The largest absolute Gasteiger partial charge is 0.475 e. The standard InChI is InChI=1S/C12H10F3N3O3/c13-12(14,15)11(19)16-5-7-21-10-4-3-8(17-18-10)9-2-1-6-20-9/h1-4,6H,5,7H2,(H,16,19). The molecule has 0 aliphatic heterocycles. The predicted molar refractivity (Wildman–Crippen MR) is 64.3 cm³/mol. The number of amides is 1. The summed E-state index contributed by atoms with van der Waals surface area (Å²) in [6, 6.07) is 6.49. The van der Waals surface area contributed by atoms with E-state index in [2.05, 4.69) is 10.2 Å². The van der Waals surface area contributed by atoms with Crippen LogP contribution in [0.25, 0.3) is 11.5 Å². The molecule has 2 aromatic heterocycles. The zero-order valence-corrected chi connectivity index (χ0v) is 10.6. The van der Waals surface area contributed by atoms with Crippen LogP contribution in [0.3, 0.4) is 0 Å². The molecule has 0 spiro atoms. The minimum atomic E-state index is -4.90. The quantitative estimate of drug-likeness (QED) is 0.852. The first-order chi connectivity index (χ1) is 9.97. The number of rotatable bonds is 5. The van der Waals surface area contributed by atoms with Crippen molar-refractivity contribution < 1.29 is 27.1 Å². The minimum Gasteiger partial charge on any atom is -0.475 e. The fraction of sp³-hybridized carbons (Fsp3) is 0.250. The van der Waals surface area contributed by atoms with E-state index >= 15 is 0 Å². The van der Waals surface area contributed by atoms with Crippen molar-refractivity contribution in [3.63, 3.8) is 0 Å². The van der Waals surface area contributed by atoms with E-state index in [-0.39, 0.29) is 19.0 Å². The second kappa shape index (κ2) is 6.25. The fourth-order valence-corrected chi connectivity index (χ4v) is 1.37. The molecule has 2 heterocycles. The van der Waals surface area contributed by atoms with Crippen LogP contribution >= 0.6 is 0 Å². The first kappa shape index (κ1) is 14.8. The summed E-state index contributed by atoms with van der Waals surface area (Å²) in [6.45, 7) is -0.448. The smallest absolute Gasteiger partial charge is 0.471 e. The Morgan fingerprint density at radius 3 is 2.67 bits per heavy atom. The van der Waals surface area contributed by atoms with Crippen molar-refractivity contribution in [3.8, 4) is 17.3 Å². The molecule has 1 N–H and O–H groups in total. The van der Waals surface area contributed by atoms with Gasteiger partial charge in [-0.15, -0.1) is 10.2 Å². The van der Waals surface area contributed by atoms with Crippen molar-refractivity contribution in [2.75, 3.05) is 13.2 Å². The summed E-state index contributed by atoms with van der Waals surface area (Å²) >= 11 is 0. The van der Waals surface area contributed by atoms with Gasteiger partial charge in [0.15, 0.2) is 5.76 Å². The van der Waals surface area contributed by atoms with E-state index in [1.165, 1.54) is 12.3 Å². The number of carbonyl (C=O) groups excluding carboxylic acids is 1. The van der Waals surface area contributed by atoms with Crippen molar-refractivity contribution in [1.82, 2.24) is 15.5 Å². The number of furan rings is 1. The topological polar surface area (TPSA) is 77.2 Å². The molecule has 0 saturated carbocycles. The highest BCUT2D eigenvalue weighted by atomic mass is 19.4. The lowest BCUT2D eigenvalue weighted by Crippen LogP contribution is -2.38. The molecule has 0 aliphatic rings. The van der Waals surface area contributed by atoms with Gasteiger partial charge in [0.2, 0.25) is 5.88 Å². The first-order valence-electron chi connectivity index (χ1n) is 5.82. The number of carbonyl (C=O) groups is 1. The zero-order valence-electron chi connectivity index (χ0n) is 10.6. The molecule has 2 rings (SSSR count). The molecule has 0 radical (unpaired) electrons. The second-order valence-corrected chi connectivity index (χ2v) is 3.84. The fourth-order valence-electron chi connectivity index (χ4n) is 1.37. The van der Waals surface area contributed by atoms with Gasteiger partial charge in [0.1, 0.15) is 12.3 Å². The molecule has 0 aromatic carbocycles. The minimum absolute atomic E-state index is 0.131. The molecule has 0 unspecified atom stereocenters. The molecule has 6 nitrogen and oxygen atoms in total. The maximum Gasteiger partial charge on any atom is 0.471 e. The maximum atomic E-state index is 11.9. The number of hydrogen-bond acceptors (Lipinski definition) is 5. The maximum absolute atomic E-state index is 11.9. The second-order valence-electron chi connectivity index (χ2n) is 3.84. The zero-order chi connectivity index (χ0) is 15.3. The normalized spacial score (nSPS) is 11.2. The Kier molecular flexibility index (Phi) is 4.41. The molecule has 2 aromatic rings. The summed E-state index contributed by atoms with van der Waals surface area (Å²) in [5.41, 5.74) is 0.498. The van der Waals surface area contributed by atoms with Crippen LogP contribution in [0.1, 0.15) is 0 Å². The highest BCUT2D eigenvalue weighted by Gasteiger charge is 2.38. The third kappa shape index (κ3) is 4.20. The number of aromatic nitrogens is 2. The third-order valence-electron chi connectivity index (χ3n) is 2.31. The molecule has 0 saturated heterocycles. The summed E-state index contributed by atoms with van der Waals surface area (Å²) in [4.78, 5) is 10.5. The Labute approximate surface area is 116 Å². The van der Waals surface area contributed by atoms with Gasteiger partial charge in [-0.1, -0.05) is 0 Å². The molecular weight excluding hydrogens is 291 g/mol. The van der Waals surface area contributed by atoms with Gasteiger partial charge in [0.05, 0.1) is 12.8 Å². The number of nitrogens with zero attached hydrogens (tertiary/aromatic N) is 2. The molecule has 1 amide bonds. The van der Waals surface area contributed by atoms with Crippen LogP contribution in [0.15, 0.2) is 34.9 Å². The molecule has 0 aliphatic carbocycles. The number of alkyl halides is 3. The predicted octanol–water partition coefficient (Wildman–Crippen LogP) is 1.79. The molecule has 21 heavy (non-hydrogen) atoms. The van der Waals surface area contributed by atoms with Gasteiger partial charge >= 0.3 is 12.1 Å². The number of nitrogens with one attached hydrogen (secondary N) is 1. The van der Waals surface area contributed by atoms with Crippen LogP contribution in [0.5, 0.6) is 5.88 Å². The molecule has 0 bridgehead atoms. The molecule has 0 fully saturated rings. The SMILES string of the molecule is O=C(NCCOc1ccc(-c2ccco2)nn1)C(F)(F)F. The van der Waals surface area contributed by atoms with E-state index in [4.69, 9.17) is 9.15 Å². The van der Waals surface area contributed by atoms with Gasteiger partial charge in [0.25, 0.3) is 0 Å². The molecular formula is C12H10F3N3O3. The molecule has 112 valence electrons. The number of hydrogen-bond donors (Lipinski definition) is 1. The lowest BCUT2D eigenvalue weighted by molar-refractivity contribution is -0.173. The van der Waals surface area contributed by atoms with Crippen LogP contribution in [-0.4, -0.2) is 35.4 Å². The van der Waals surface area contributed by atoms with Crippen LogP contribution < -0.4 is 10.1 Å². The highest BCUT2D eigenvalue weighted by molar-refractivity contribution is 5.81. The van der Waals surface area contributed by atoms with Crippen molar-refractivity contribution in [1.29, 1.82) is 0 Å². The van der Waals surface area contributed by atoms with Crippen molar-refractivity contribution in [2.24, 2.45) is 0 Å². The van der Waals surface area contributed by atoms with E-state index in [1.54, 1.807) is 23.5 Å². The Balaban J connectivity index is 1.78. The average molecular weight is 301 g/mol. The summed E-state index contributed by atoms with van der Waals surface area (Å²) < 4.78 is 45.9. The third-order valence-corrected chi connectivity index (χ3v) is 2.31. The lowest BCUT2D eigenvalue weighted by Gasteiger charge is -2.08. The van der Waals surface area contributed by atoms with Crippen LogP contribution in [0, 0.1) is 0 Å². The van der Waals surface area contributed by atoms with Crippen molar-refractivity contribution in [2.45, 2.75) is 6.18 Å². The van der Waals surface area contributed by atoms with Gasteiger partial charge in [-0.3, -0.25) is 4.79 Å². The summed E-state index contributed by atoms with van der Waals surface area (Å²) in [5.74, 6) is -1.34. The van der Waals surface area contributed by atoms with E-state index in [9.17, 15) is 18.0 Å². The number of halogens is 3. The van der Waals surface area contributed by atoms with Gasteiger partial charge < -0.3 is 14.5 Å². The van der Waals surface area contributed by atoms with Gasteiger partial charge in [0, 0.05) is 6.07 Å². The number of ether oxygens (including phenoxy) is 1. The monoisotopic (exact) mass is 301 g/mol. The van der Waals surface area contributed by atoms with E-state index in [0.717, 1.165) is 0 Å². The highest BCUT2D eigenvalue weighted by Crippen LogP contribution is 2.17. The van der Waals surface area contributed by atoms with E-state index in [1.807, 2.05) is 0 Å². The summed E-state index contributed by atoms with van der Waals surface area (Å²) in [6.07, 6.45) is -3.41. The summed E-state index contributed by atoms with van der Waals surface area (Å²) in [7, 11) is 0. The van der Waals surface area contributed by atoms with Crippen molar-refractivity contribution >= 4 is 5.91 Å². The Bertz CT molecular complexity index is 582. The van der Waals surface area contributed by atoms with Crippen LogP contribution in [0.2, 0.25) is 0 Å². The summed E-state index contributed by atoms with van der Waals surface area (Å²) in [5, 5.41) is 9.25. The lowest BCUT2D eigenvalue weighted by atomic mass is 10.3. The average Bonchev–Trinajstić information content (AvgIpc) is 2.97. The van der Waals surface area contributed by atoms with Gasteiger partial charge in [-0.2, -0.15) is 13.2 Å².